The smallest absolute Gasteiger partial charge is 0.330 e. The highest BCUT2D eigenvalue weighted by molar-refractivity contribution is 5.91. The van der Waals surface area contributed by atoms with Crippen LogP contribution in [0.25, 0.3) is 0 Å². The molecule has 1 amide bonds. The third-order valence-electron chi connectivity index (χ3n) is 10.9. The monoisotopic (exact) mass is 547 g/mol. The van der Waals surface area contributed by atoms with Gasteiger partial charge >= 0.3 is 6.09 Å². The van der Waals surface area contributed by atoms with E-state index in [4.69, 9.17) is 4.84 Å². The molecule has 8 heteroatoms. The molecule has 0 aromatic heterocycles. The van der Waals surface area contributed by atoms with E-state index in [9.17, 15) is 14.0 Å². The van der Waals surface area contributed by atoms with Crippen molar-refractivity contribution in [2.24, 2.45) is 39.7 Å². The van der Waals surface area contributed by atoms with Crippen LogP contribution in [-0.2, 0) is 9.63 Å². The zero-order valence-electron chi connectivity index (χ0n) is 25.2. The van der Waals surface area contributed by atoms with Gasteiger partial charge in [0, 0.05) is 32.0 Å². The second kappa shape index (κ2) is 12.0. The van der Waals surface area contributed by atoms with E-state index in [1.165, 1.54) is 29.7 Å². The van der Waals surface area contributed by atoms with Crippen LogP contribution in [0.2, 0.25) is 0 Å². The van der Waals surface area contributed by atoms with E-state index in [2.05, 4.69) is 45.5 Å². The van der Waals surface area contributed by atoms with Crippen LogP contribution in [0.15, 0.2) is 16.8 Å². The number of quaternary nitrogens is 1. The first-order chi connectivity index (χ1) is 18.4. The quantitative estimate of drug-likeness (QED) is 0.134. The number of nitrogens with one attached hydrogen (secondary N) is 1. The lowest BCUT2D eigenvalue weighted by Crippen LogP contribution is -2.51. The van der Waals surface area contributed by atoms with Crippen molar-refractivity contribution in [1.29, 1.82) is 0 Å². The van der Waals surface area contributed by atoms with Gasteiger partial charge in [-0.2, -0.15) is 0 Å². The minimum absolute atomic E-state index is 0.0114. The Morgan fingerprint density at radius 2 is 1.87 bits per heavy atom. The van der Waals surface area contributed by atoms with Crippen molar-refractivity contribution in [2.45, 2.75) is 72.1 Å². The van der Waals surface area contributed by atoms with Gasteiger partial charge in [0.15, 0.2) is 5.78 Å². The van der Waals surface area contributed by atoms with E-state index >= 15 is 0 Å². The molecule has 0 heterocycles. The molecule has 220 valence electrons. The summed E-state index contributed by atoms with van der Waals surface area (Å²) in [5.41, 5.74) is 2.62. The van der Waals surface area contributed by atoms with Crippen molar-refractivity contribution >= 4 is 17.6 Å². The Morgan fingerprint density at radius 1 is 1.10 bits per heavy atom. The maximum absolute atomic E-state index is 13.2. The summed E-state index contributed by atoms with van der Waals surface area (Å²) in [5, 5.41) is 7.68. The van der Waals surface area contributed by atoms with Gasteiger partial charge in [0.25, 0.3) is 0 Å². The molecule has 0 radical (unpaired) electrons. The molecule has 0 saturated heterocycles. The highest BCUT2D eigenvalue weighted by atomic mass is 19.1. The van der Waals surface area contributed by atoms with E-state index in [1.807, 2.05) is 13.0 Å². The lowest BCUT2D eigenvalue weighted by molar-refractivity contribution is -0.869. The first-order valence-corrected chi connectivity index (χ1v) is 15.2. The summed E-state index contributed by atoms with van der Waals surface area (Å²) >= 11 is 0. The van der Waals surface area contributed by atoms with Crippen LogP contribution in [0, 0.1) is 34.5 Å². The number of amides is 1. The zero-order chi connectivity index (χ0) is 28.4. The molecule has 0 bridgehead atoms. The summed E-state index contributed by atoms with van der Waals surface area (Å²) in [6.07, 6.45) is 9.92. The van der Waals surface area contributed by atoms with Crippen molar-refractivity contribution in [2.75, 3.05) is 60.5 Å². The molecular weight excluding hydrogens is 495 g/mol. The second-order valence-corrected chi connectivity index (χ2v) is 14.2. The molecule has 0 spiro atoms. The number of halogens is 1. The van der Waals surface area contributed by atoms with E-state index in [0.717, 1.165) is 49.0 Å². The Bertz CT molecular complexity index is 975. The third kappa shape index (κ3) is 6.42. The largest absolute Gasteiger partial charge is 0.436 e. The fourth-order valence-corrected chi connectivity index (χ4v) is 8.63. The number of oxime groups is 1. The topological polar surface area (TPSA) is 71.0 Å². The van der Waals surface area contributed by atoms with Crippen LogP contribution >= 0.6 is 0 Å². The van der Waals surface area contributed by atoms with Gasteiger partial charge in [0.1, 0.15) is 6.67 Å². The van der Waals surface area contributed by atoms with Crippen LogP contribution in [-0.4, -0.2) is 87.5 Å². The van der Waals surface area contributed by atoms with Crippen LogP contribution in [0.1, 0.15) is 72.1 Å². The maximum Gasteiger partial charge on any atom is 0.436 e. The minimum atomic E-state index is -0.606. The van der Waals surface area contributed by atoms with Crippen molar-refractivity contribution in [3.63, 3.8) is 0 Å². The molecule has 4 aliphatic carbocycles. The van der Waals surface area contributed by atoms with Crippen molar-refractivity contribution in [1.82, 2.24) is 10.2 Å². The highest BCUT2D eigenvalue weighted by Crippen LogP contribution is 2.66. The summed E-state index contributed by atoms with van der Waals surface area (Å²) in [6.45, 7) is 9.04. The van der Waals surface area contributed by atoms with Gasteiger partial charge < -0.3 is 14.7 Å². The van der Waals surface area contributed by atoms with Crippen LogP contribution < -0.4 is 5.32 Å². The fourth-order valence-electron chi connectivity index (χ4n) is 8.63. The molecule has 6 atom stereocenters. The first kappa shape index (κ1) is 30.2. The van der Waals surface area contributed by atoms with E-state index < -0.39 is 12.8 Å². The maximum atomic E-state index is 13.2. The molecule has 0 aromatic carbocycles. The number of rotatable bonds is 10. The number of ketones is 1. The minimum Gasteiger partial charge on any atom is -0.330 e. The van der Waals surface area contributed by atoms with Crippen molar-refractivity contribution in [3.05, 3.63) is 11.6 Å². The average molecular weight is 548 g/mol. The van der Waals surface area contributed by atoms with Gasteiger partial charge in [0.05, 0.1) is 39.9 Å². The summed E-state index contributed by atoms with van der Waals surface area (Å²) in [5.74, 6) is 2.58. The molecule has 3 fully saturated rings. The van der Waals surface area contributed by atoms with Crippen molar-refractivity contribution in [3.8, 4) is 0 Å². The summed E-state index contributed by atoms with van der Waals surface area (Å²) < 4.78 is 14.0. The summed E-state index contributed by atoms with van der Waals surface area (Å²) in [6, 6.07) is 0. The molecule has 3 saturated carbocycles. The molecule has 0 aromatic rings. The van der Waals surface area contributed by atoms with E-state index in [0.29, 0.717) is 49.0 Å². The Hall–Kier alpha value is -1.80. The summed E-state index contributed by atoms with van der Waals surface area (Å²) in [4.78, 5) is 31.7. The molecule has 7 nitrogen and oxygen atoms in total. The fraction of sp³-hybridized carbons (Fsp3) is 0.839. The predicted molar refractivity (Wildman–Crippen MR) is 153 cm³/mol. The zero-order valence-corrected chi connectivity index (χ0v) is 25.2. The number of allylic oxidation sites excluding steroid dienone is 1. The van der Waals surface area contributed by atoms with Gasteiger partial charge in [-0.05, 0) is 86.5 Å². The lowest BCUT2D eigenvalue weighted by atomic mass is 9.46. The number of carbonyl (C=O) groups excluding carboxylic acids is 2. The molecule has 0 aliphatic heterocycles. The molecule has 39 heavy (non-hydrogen) atoms. The van der Waals surface area contributed by atoms with Gasteiger partial charge in [0.2, 0.25) is 0 Å². The Kier molecular flexibility index (Phi) is 9.26. The normalized spacial score (nSPS) is 34.6. The average Bonchev–Trinajstić information content (AvgIpc) is 3.23. The Labute approximate surface area is 235 Å². The molecule has 0 unspecified atom stereocenters. The van der Waals surface area contributed by atoms with Crippen LogP contribution in [0.4, 0.5) is 9.18 Å². The van der Waals surface area contributed by atoms with E-state index in [-0.39, 0.29) is 17.4 Å². The molecular formula is C31H52FN4O3+. The number of carbonyl (C=O) groups is 2. The van der Waals surface area contributed by atoms with Gasteiger partial charge in [-0.3, -0.25) is 9.63 Å². The number of hydrogen-bond donors (Lipinski definition) is 1. The molecule has 4 aliphatic rings. The van der Waals surface area contributed by atoms with Gasteiger partial charge in [-0.25, -0.2) is 9.18 Å². The third-order valence-corrected chi connectivity index (χ3v) is 10.9. The first-order valence-electron chi connectivity index (χ1n) is 15.2. The number of nitrogens with zero attached hydrogens (tertiary/aromatic N) is 3. The van der Waals surface area contributed by atoms with Gasteiger partial charge in [-0.15, -0.1) is 0 Å². The standard InChI is InChI=1S/C31H52FN4O3/c1-22(34-39-29(38)35(18-15-32)19-16-33-17-20-36(4,5)6)26-9-10-27-25-8-7-23-21-24(37)11-13-30(23,2)28(25)12-14-31(26,27)3/h21,25-28,33H,7-20H2,1-6H3/q+1/b34-22+/t25-,26+,27-,28-,30-,31+/m0/s1. The second-order valence-electron chi connectivity index (χ2n) is 14.2. The number of fused-ring (bicyclic) bond motifs is 5. The SMILES string of the molecule is C/C(=N\OC(=O)N(CCF)CCNCC[N+](C)(C)C)[C@H]1CC[C@H]2[C@@H]3CCC4=CC(=O)CC[C@]4(C)[C@H]3CC[C@]12C. The molecule has 1 N–H and O–H groups in total. The van der Waals surface area contributed by atoms with Crippen molar-refractivity contribution < 1.29 is 23.3 Å². The van der Waals surface area contributed by atoms with Gasteiger partial charge in [-0.1, -0.05) is 24.6 Å². The number of likely N-dealkylation sites (N-methyl/N-ethyl adjacent to an activating group) is 1. The summed E-state index contributed by atoms with van der Waals surface area (Å²) in [7, 11) is 6.40. The molecule has 4 rings (SSSR count). The highest BCUT2D eigenvalue weighted by Gasteiger charge is 2.59. The Balaban J connectivity index is 1.36. The van der Waals surface area contributed by atoms with Crippen LogP contribution in [0.5, 0.6) is 0 Å². The number of hydrogen-bond acceptors (Lipinski definition) is 5. The van der Waals surface area contributed by atoms with E-state index in [1.54, 1.807) is 0 Å². The predicted octanol–water partition coefficient (Wildman–Crippen LogP) is 5.21. The lowest BCUT2D eigenvalue weighted by Gasteiger charge is -2.58. The Morgan fingerprint density at radius 3 is 2.59 bits per heavy atom. The number of alkyl halides is 1. The van der Waals surface area contributed by atoms with Crippen LogP contribution in [0.3, 0.4) is 0 Å².